The number of pyridine rings is 1. The highest BCUT2D eigenvalue weighted by Gasteiger charge is 2.27. The number of hydrogen-bond donors (Lipinski definition) is 1. The second-order valence-electron chi connectivity index (χ2n) is 5.41. The molecule has 0 spiro atoms. The summed E-state index contributed by atoms with van der Waals surface area (Å²) in [6.07, 6.45) is 3.95. The molecule has 0 saturated heterocycles. The van der Waals surface area contributed by atoms with E-state index >= 15 is 0 Å². The van der Waals surface area contributed by atoms with E-state index in [0.717, 1.165) is 17.0 Å². The average Bonchev–Trinajstić information content (AvgIpc) is 3.06. The molecule has 120 valence electrons. The van der Waals surface area contributed by atoms with E-state index in [9.17, 15) is 9.59 Å². The largest absolute Gasteiger partial charge is 0.441 e. The van der Waals surface area contributed by atoms with Crippen molar-refractivity contribution in [2.45, 2.75) is 13.0 Å². The van der Waals surface area contributed by atoms with Gasteiger partial charge in [0.25, 0.3) is 11.5 Å². The molecule has 8 heteroatoms. The van der Waals surface area contributed by atoms with Gasteiger partial charge in [-0.2, -0.15) is 5.10 Å². The van der Waals surface area contributed by atoms with Gasteiger partial charge in [-0.1, -0.05) is 0 Å². The molecular weight excluding hydrogens is 310 g/mol. The van der Waals surface area contributed by atoms with Crippen LogP contribution in [0.1, 0.15) is 21.9 Å². The van der Waals surface area contributed by atoms with Crippen LogP contribution < -0.4 is 5.56 Å². The molecule has 3 aromatic rings. The smallest absolute Gasteiger partial charge is 0.274 e. The topological polar surface area (TPSA) is 105 Å². The standard InChI is InChI=1S/C16H13N5O3/c22-14-4-3-11(19-20-14)16(23)21-7-5-13-12(9-21)18-15(24-13)10-2-1-6-17-8-10/h1-4,6,8H,5,7,9H2,(H,20,22). The first kappa shape index (κ1) is 14.3. The van der Waals surface area contributed by atoms with Crippen molar-refractivity contribution in [2.75, 3.05) is 6.54 Å². The third-order valence-electron chi connectivity index (χ3n) is 3.82. The molecule has 0 atom stereocenters. The van der Waals surface area contributed by atoms with Crippen molar-refractivity contribution < 1.29 is 9.21 Å². The Morgan fingerprint density at radius 1 is 1.29 bits per heavy atom. The summed E-state index contributed by atoms with van der Waals surface area (Å²) in [6.45, 7) is 0.854. The first-order valence-electron chi connectivity index (χ1n) is 7.45. The summed E-state index contributed by atoms with van der Waals surface area (Å²) in [7, 11) is 0. The van der Waals surface area contributed by atoms with E-state index in [1.54, 1.807) is 17.3 Å². The van der Waals surface area contributed by atoms with Gasteiger partial charge in [0, 0.05) is 31.4 Å². The summed E-state index contributed by atoms with van der Waals surface area (Å²) in [5.74, 6) is 1.04. The fourth-order valence-electron chi connectivity index (χ4n) is 2.61. The Balaban J connectivity index is 1.57. The Hall–Kier alpha value is -3.29. The number of rotatable bonds is 2. The van der Waals surface area contributed by atoms with Crippen LogP contribution in [0.5, 0.6) is 0 Å². The first-order valence-corrected chi connectivity index (χ1v) is 7.45. The summed E-state index contributed by atoms with van der Waals surface area (Å²) >= 11 is 0. The van der Waals surface area contributed by atoms with Crippen molar-refractivity contribution in [2.24, 2.45) is 0 Å². The van der Waals surface area contributed by atoms with Crippen molar-refractivity contribution in [3.63, 3.8) is 0 Å². The Kier molecular flexibility index (Phi) is 3.42. The normalized spacial score (nSPS) is 13.6. The summed E-state index contributed by atoms with van der Waals surface area (Å²) in [5, 5.41) is 6.05. The molecular formula is C16H13N5O3. The molecule has 1 N–H and O–H groups in total. The minimum atomic E-state index is -0.343. The fourth-order valence-corrected chi connectivity index (χ4v) is 2.61. The molecule has 0 aromatic carbocycles. The van der Waals surface area contributed by atoms with Gasteiger partial charge in [0.15, 0.2) is 0 Å². The van der Waals surface area contributed by atoms with Gasteiger partial charge in [0.2, 0.25) is 5.89 Å². The van der Waals surface area contributed by atoms with Crippen LogP contribution in [0.4, 0.5) is 0 Å². The number of aromatic nitrogens is 4. The van der Waals surface area contributed by atoms with Gasteiger partial charge >= 0.3 is 0 Å². The molecule has 1 aliphatic heterocycles. The Morgan fingerprint density at radius 3 is 2.96 bits per heavy atom. The number of H-pyrrole nitrogens is 1. The quantitative estimate of drug-likeness (QED) is 0.755. The van der Waals surface area contributed by atoms with Crippen LogP contribution in [0.25, 0.3) is 11.5 Å². The lowest BCUT2D eigenvalue weighted by molar-refractivity contribution is 0.0720. The second-order valence-corrected chi connectivity index (χ2v) is 5.41. The van der Waals surface area contributed by atoms with E-state index in [-0.39, 0.29) is 17.2 Å². The maximum atomic E-state index is 12.5. The molecule has 0 unspecified atom stereocenters. The van der Waals surface area contributed by atoms with Crippen LogP contribution in [-0.4, -0.2) is 37.5 Å². The van der Waals surface area contributed by atoms with Gasteiger partial charge in [-0.25, -0.2) is 10.1 Å². The highest BCUT2D eigenvalue weighted by atomic mass is 16.4. The van der Waals surface area contributed by atoms with Gasteiger partial charge in [-0.05, 0) is 18.2 Å². The Morgan fingerprint density at radius 2 is 2.21 bits per heavy atom. The lowest BCUT2D eigenvalue weighted by Gasteiger charge is -2.24. The zero-order valence-electron chi connectivity index (χ0n) is 12.6. The van der Waals surface area contributed by atoms with Crippen molar-refractivity contribution in [1.29, 1.82) is 0 Å². The first-order chi connectivity index (χ1) is 11.7. The SMILES string of the molecule is O=C(c1ccc(=O)[nH]n1)N1CCc2oc(-c3cccnc3)nc2C1. The Bertz CT molecular complexity index is 927. The number of fused-ring (bicyclic) bond motifs is 1. The highest BCUT2D eigenvalue weighted by molar-refractivity contribution is 5.92. The molecule has 1 aliphatic rings. The summed E-state index contributed by atoms with van der Waals surface area (Å²) < 4.78 is 5.79. The van der Waals surface area contributed by atoms with E-state index in [4.69, 9.17) is 4.42 Å². The van der Waals surface area contributed by atoms with Crippen LogP contribution in [0.15, 0.2) is 45.9 Å². The van der Waals surface area contributed by atoms with Crippen molar-refractivity contribution in [3.05, 3.63) is 64.2 Å². The molecule has 0 aliphatic carbocycles. The molecule has 1 amide bonds. The predicted molar refractivity (Wildman–Crippen MR) is 83.0 cm³/mol. The number of oxazole rings is 1. The third kappa shape index (κ3) is 2.58. The zero-order valence-corrected chi connectivity index (χ0v) is 12.6. The van der Waals surface area contributed by atoms with E-state index in [2.05, 4.69) is 20.2 Å². The number of nitrogens with one attached hydrogen (secondary N) is 1. The second kappa shape index (κ2) is 5.73. The average molecular weight is 323 g/mol. The van der Waals surface area contributed by atoms with E-state index < -0.39 is 0 Å². The van der Waals surface area contributed by atoms with Gasteiger partial charge in [0.05, 0.1) is 12.1 Å². The van der Waals surface area contributed by atoms with E-state index in [0.29, 0.717) is 25.4 Å². The number of carbonyl (C=O) groups excluding carboxylic acids is 1. The molecule has 4 heterocycles. The van der Waals surface area contributed by atoms with Crippen LogP contribution in [0.2, 0.25) is 0 Å². The van der Waals surface area contributed by atoms with Gasteiger partial charge in [-0.15, -0.1) is 0 Å². The van der Waals surface area contributed by atoms with Crippen LogP contribution in [-0.2, 0) is 13.0 Å². The van der Waals surface area contributed by atoms with E-state index in [1.807, 2.05) is 12.1 Å². The molecule has 4 rings (SSSR count). The summed E-state index contributed by atoms with van der Waals surface area (Å²) in [5.41, 5.74) is 1.39. The fraction of sp³-hybridized carbons (Fsp3) is 0.188. The number of nitrogens with zero attached hydrogens (tertiary/aromatic N) is 4. The molecule has 3 aromatic heterocycles. The van der Waals surface area contributed by atoms with Gasteiger partial charge in [0.1, 0.15) is 17.1 Å². The predicted octanol–water partition coefficient (Wildman–Crippen LogP) is 1.02. The molecule has 0 bridgehead atoms. The summed E-state index contributed by atoms with van der Waals surface area (Å²) in [4.78, 5) is 33.7. The van der Waals surface area contributed by atoms with Crippen molar-refractivity contribution >= 4 is 5.91 Å². The van der Waals surface area contributed by atoms with Crippen LogP contribution in [0, 0.1) is 0 Å². The maximum Gasteiger partial charge on any atom is 0.274 e. The lowest BCUT2D eigenvalue weighted by atomic mass is 10.1. The highest BCUT2D eigenvalue weighted by Crippen LogP contribution is 2.26. The van der Waals surface area contributed by atoms with Crippen molar-refractivity contribution in [1.82, 2.24) is 25.1 Å². The number of aromatic amines is 1. The number of amides is 1. The molecule has 8 nitrogen and oxygen atoms in total. The third-order valence-corrected chi connectivity index (χ3v) is 3.82. The number of carbonyl (C=O) groups is 1. The monoisotopic (exact) mass is 323 g/mol. The number of hydrogen-bond acceptors (Lipinski definition) is 6. The molecule has 24 heavy (non-hydrogen) atoms. The lowest BCUT2D eigenvalue weighted by Crippen LogP contribution is -2.36. The Labute approximate surface area is 136 Å². The van der Waals surface area contributed by atoms with Crippen LogP contribution in [0.3, 0.4) is 0 Å². The maximum absolute atomic E-state index is 12.5. The zero-order chi connectivity index (χ0) is 16.5. The molecule has 0 saturated carbocycles. The minimum Gasteiger partial charge on any atom is -0.441 e. The van der Waals surface area contributed by atoms with E-state index in [1.165, 1.54) is 12.1 Å². The molecule has 0 radical (unpaired) electrons. The minimum absolute atomic E-state index is 0.203. The van der Waals surface area contributed by atoms with Crippen molar-refractivity contribution in [3.8, 4) is 11.5 Å². The molecule has 0 fully saturated rings. The summed E-state index contributed by atoms with van der Waals surface area (Å²) in [6, 6.07) is 6.39. The van der Waals surface area contributed by atoms with Crippen LogP contribution >= 0.6 is 0 Å². The van der Waals surface area contributed by atoms with Gasteiger partial charge < -0.3 is 9.32 Å². The van der Waals surface area contributed by atoms with Gasteiger partial charge in [-0.3, -0.25) is 14.6 Å².